The van der Waals surface area contributed by atoms with E-state index in [1.54, 1.807) is 6.08 Å². The SMILES string of the molecule is CC/C(=C/CNCC1(O)CCC(CC)CC1)C(=O)O. The van der Waals surface area contributed by atoms with E-state index in [1.165, 1.54) is 6.42 Å². The van der Waals surface area contributed by atoms with Gasteiger partial charge in [-0.2, -0.15) is 0 Å². The number of hydrogen-bond acceptors (Lipinski definition) is 3. The molecule has 110 valence electrons. The Labute approximate surface area is 115 Å². The van der Waals surface area contributed by atoms with Gasteiger partial charge in [0.2, 0.25) is 0 Å². The van der Waals surface area contributed by atoms with E-state index in [0.717, 1.165) is 31.6 Å². The molecule has 0 aromatic heterocycles. The maximum absolute atomic E-state index is 10.8. The number of rotatable bonds is 7. The molecule has 0 atom stereocenters. The van der Waals surface area contributed by atoms with Crippen molar-refractivity contribution in [2.75, 3.05) is 13.1 Å². The summed E-state index contributed by atoms with van der Waals surface area (Å²) >= 11 is 0. The number of nitrogens with one attached hydrogen (secondary N) is 1. The molecule has 3 N–H and O–H groups in total. The molecule has 1 rings (SSSR count). The van der Waals surface area contributed by atoms with Gasteiger partial charge in [0.1, 0.15) is 0 Å². The molecule has 0 aromatic rings. The van der Waals surface area contributed by atoms with Gasteiger partial charge in [-0.1, -0.05) is 26.3 Å². The van der Waals surface area contributed by atoms with E-state index < -0.39 is 11.6 Å². The van der Waals surface area contributed by atoms with Crippen molar-refractivity contribution in [3.05, 3.63) is 11.6 Å². The van der Waals surface area contributed by atoms with E-state index in [-0.39, 0.29) is 0 Å². The predicted molar refractivity (Wildman–Crippen MR) is 76.1 cm³/mol. The Kier molecular flexibility index (Phi) is 6.52. The van der Waals surface area contributed by atoms with Crippen molar-refractivity contribution in [2.45, 2.75) is 58.0 Å². The topological polar surface area (TPSA) is 69.6 Å². The number of aliphatic carboxylic acids is 1. The Morgan fingerprint density at radius 3 is 2.47 bits per heavy atom. The normalized spacial score (nSPS) is 28.4. The monoisotopic (exact) mass is 269 g/mol. The second-order valence-corrected chi connectivity index (χ2v) is 5.59. The van der Waals surface area contributed by atoms with Crippen LogP contribution in [0.4, 0.5) is 0 Å². The first kappa shape index (κ1) is 16.2. The van der Waals surface area contributed by atoms with Crippen LogP contribution < -0.4 is 5.32 Å². The molecule has 0 saturated heterocycles. The minimum atomic E-state index is -0.855. The zero-order valence-electron chi connectivity index (χ0n) is 12.1. The lowest BCUT2D eigenvalue weighted by Crippen LogP contribution is -2.43. The molecule has 0 bridgehead atoms. The van der Waals surface area contributed by atoms with E-state index >= 15 is 0 Å². The highest BCUT2D eigenvalue weighted by atomic mass is 16.4. The minimum absolute atomic E-state index is 0.425. The molecule has 0 amide bonds. The van der Waals surface area contributed by atoms with Crippen LogP contribution in [0.1, 0.15) is 52.4 Å². The predicted octanol–water partition coefficient (Wildman–Crippen LogP) is 2.33. The maximum atomic E-state index is 10.8. The Morgan fingerprint density at radius 1 is 1.37 bits per heavy atom. The second kappa shape index (κ2) is 7.65. The van der Waals surface area contributed by atoms with Crippen LogP contribution in [-0.4, -0.2) is 34.9 Å². The van der Waals surface area contributed by atoms with Crippen molar-refractivity contribution in [3.8, 4) is 0 Å². The molecule has 0 aromatic carbocycles. The summed E-state index contributed by atoms with van der Waals surface area (Å²) < 4.78 is 0. The highest BCUT2D eigenvalue weighted by Gasteiger charge is 2.31. The summed E-state index contributed by atoms with van der Waals surface area (Å²) in [5, 5.41) is 22.5. The van der Waals surface area contributed by atoms with Crippen molar-refractivity contribution in [2.24, 2.45) is 5.92 Å². The molecule has 4 heteroatoms. The lowest BCUT2D eigenvalue weighted by Gasteiger charge is -2.35. The molecule has 0 radical (unpaired) electrons. The first-order valence-corrected chi connectivity index (χ1v) is 7.36. The highest BCUT2D eigenvalue weighted by molar-refractivity contribution is 5.86. The molecule has 0 aliphatic heterocycles. The van der Waals surface area contributed by atoms with Gasteiger partial charge in [-0.15, -0.1) is 0 Å². The largest absolute Gasteiger partial charge is 0.478 e. The number of hydrogen-bond donors (Lipinski definition) is 3. The third kappa shape index (κ3) is 5.33. The van der Waals surface area contributed by atoms with Gasteiger partial charge >= 0.3 is 5.97 Å². The van der Waals surface area contributed by atoms with Gasteiger partial charge in [-0.25, -0.2) is 4.79 Å². The maximum Gasteiger partial charge on any atom is 0.331 e. The minimum Gasteiger partial charge on any atom is -0.478 e. The van der Waals surface area contributed by atoms with Crippen LogP contribution in [0.25, 0.3) is 0 Å². The molecule has 0 heterocycles. The fourth-order valence-corrected chi connectivity index (χ4v) is 2.68. The Hall–Kier alpha value is -0.870. The second-order valence-electron chi connectivity index (χ2n) is 5.59. The van der Waals surface area contributed by atoms with E-state index in [1.807, 2.05) is 6.92 Å². The van der Waals surface area contributed by atoms with Gasteiger partial charge in [0.15, 0.2) is 0 Å². The van der Waals surface area contributed by atoms with Crippen molar-refractivity contribution in [1.82, 2.24) is 5.32 Å². The van der Waals surface area contributed by atoms with E-state index in [4.69, 9.17) is 5.11 Å². The average molecular weight is 269 g/mol. The van der Waals surface area contributed by atoms with Gasteiger partial charge < -0.3 is 15.5 Å². The van der Waals surface area contributed by atoms with Crippen LogP contribution in [0.2, 0.25) is 0 Å². The summed E-state index contributed by atoms with van der Waals surface area (Å²) in [4.78, 5) is 10.8. The van der Waals surface area contributed by atoms with Crippen LogP contribution in [0.15, 0.2) is 11.6 Å². The molecule has 1 saturated carbocycles. The lowest BCUT2D eigenvalue weighted by atomic mass is 9.78. The van der Waals surface area contributed by atoms with Crippen LogP contribution in [-0.2, 0) is 4.79 Å². The molecule has 19 heavy (non-hydrogen) atoms. The summed E-state index contributed by atoms with van der Waals surface area (Å²) in [6.07, 6.45) is 7.32. The smallest absolute Gasteiger partial charge is 0.331 e. The number of carbonyl (C=O) groups is 1. The number of carboxylic acid groups (broad SMARTS) is 1. The fourth-order valence-electron chi connectivity index (χ4n) is 2.68. The van der Waals surface area contributed by atoms with E-state index in [0.29, 0.717) is 25.1 Å². The summed E-state index contributed by atoms with van der Waals surface area (Å²) in [6, 6.07) is 0. The van der Waals surface area contributed by atoms with Crippen LogP contribution in [0, 0.1) is 5.92 Å². The van der Waals surface area contributed by atoms with Crippen molar-refractivity contribution >= 4 is 5.97 Å². The van der Waals surface area contributed by atoms with Gasteiger partial charge in [-0.3, -0.25) is 0 Å². The molecule has 4 nitrogen and oxygen atoms in total. The van der Waals surface area contributed by atoms with Crippen molar-refractivity contribution in [1.29, 1.82) is 0 Å². The summed E-state index contributed by atoms with van der Waals surface area (Å²) in [6.45, 7) is 5.10. The zero-order chi connectivity index (χ0) is 14.3. The zero-order valence-corrected chi connectivity index (χ0v) is 12.1. The molecule has 1 aliphatic rings. The van der Waals surface area contributed by atoms with Gasteiger partial charge in [0.05, 0.1) is 5.60 Å². The number of aliphatic hydroxyl groups is 1. The Balaban J connectivity index is 2.31. The van der Waals surface area contributed by atoms with Crippen molar-refractivity contribution < 1.29 is 15.0 Å². The number of carboxylic acids is 1. The van der Waals surface area contributed by atoms with E-state index in [2.05, 4.69) is 12.2 Å². The summed E-state index contributed by atoms with van der Waals surface area (Å²) in [5.74, 6) is -0.0923. The van der Waals surface area contributed by atoms with Gasteiger partial charge in [0, 0.05) is 18.7 Å². The molecular formula is C15H27NO3. The fraction of sp³-hybridized carbons (Fsp3) is 0.800. The quantitative estimate of drug-likeness (QED) is 0.490. The van der Waals surface area contributed by atoms with Crippen molar-refractivity contribution in [3.63, 3.8) is 0 Å². The standard InChI is InChI=1S/C15H27NO3/c1-3-12-5-8-15(19,9-6-12)11-16-10-7-13(4-2)14(17)18/h7,12,16,19H,3-6,8-11H2,1-2H3,(H,17,18)/b13-7-. The lowest BCUT2D eigenvalue weighted by molar-refractivity contribution is -0.132. The van der Waals surface area contributed by atoms with Crippen LogP contribution in [0.3, 0.4) is 0 Å². The molecule has 0 spiro atoms. The van der Waals surface area contributed by atoms with Crippen LogP contribution in [0.5, 0.6) is 0 Å². The average Bonchev–Trinajstić information content (AvgIpc) is 2.39. The van der Waals surface area contributed by atoms with Gasteiger partial charge in [0.25, 0.3) is 0 Å². The summed E-state index contributed by atoms with van der Waals surface area (Å²) in [7, 11) is 0. The summed E-state index contributed by atoms with van der Waals surface area (Å²) in [5.41, 5.74) is -0.177. The van der Waals surface area contributed by atoms with Gasteiger partial charge in [-0.05, 0) is 38.0 Å². The first-order chi connectivity index (χ1) is 9.00. The third-order valence-corrected chi connectivity index (χ3v) is 4.22. The van der Waals surface area contributed by atoms with Crippen LogP contribution >= 0.6 is 0 Å². The highest BCUT2D eigenvalue weighted by Crippen LogP contribution is 2.33. The molecular weight excluding hydrogens is 242 g/mol. The Morgan fingerprint density at radius 2 is 2.00 bits per heavy atom. The Bertz CT molecular complexity index is 317. The first-order valence-electron chi connectivity index (χ1n) is 7.36. The third-order valence-electron chi connectivity index (χ3n) is 4.22. The molecule has 1 fully saturated rings. The van der Waals surface area contributed by atoms with E-state index in [9.17, 15) is 9.90 Å². The molecule has 1 aliphatic carbocycles. The molecule has 0 unspecified atom stereocenters.